The van der Waals surface area contributed by atoms with Gasteiger partial charge in [-0.1, -0.05) is 71.6 Å². The van der Waals surface area contributed by atoms with E-state index in [0.717, 1.165) is 51.6 Å². The Morgan fingerprint density at radius 1 is 0.833 bits per heavy atom. The highest BCUT2D eigenvalue weighted by molar-refractivity contribution is 5.72. The molecule has 0 aromatic heterocycles. The summed E-state index contributed by atoms with van der Waals surface area (Å²) in [5, 5.41) is 0. The summed E-state index contributed by atoms with van der Waals surface area (Å²) in [4.78, 5) is 12.6. The fourth-order valence-corrected chi connectivity index (χ4v) is 5.09. The van der Waals surface area contributed by atoms with Gasteiger partial charge in [-0.2, -0.15) is 0 Å². The molecule has 3 nitrogen and oxygen atoms in total. The zero-order valence-corrected chi connectivity index (χ0v) is 19.7. The first kappa shape index (κ1) is 25.6. The van der Waals surface area contributed by atoms with Crippen molar-refractivity contribution in [1.82, 2.24) is 0 Å². The Balaban J connectivity index is 1.56. The van der Waals surface area contributed by atoms with Crippen molar-refractivity contribution < 1.29 is 18.7 Å². The smallest absolute Gasteiger partial charge is 0.309 e. The van der Waals surface area contributed by atoms with Crippen molar-refractivity contribution in [3.05, 3.63) is 0 Å². The molecule has 2 saturated carbocycles. The van der Waals surface area contributed by atoms with E-state index in [1.54, 1.807) is 0 Å². The van der Waals surface area contributed by atoms with Crippen LogP contribution in [0.2, 0.25) is 0 Å². The molecule has 0 amide bonds. The summed E-state index contributed by atoms with van der Waals surface area (Å²) >= 11 is 0. The van der Waals surface area contributed by atoms with Crippen LogP contribution >= 0.6 is 0 Å². The van der Waals surface area contributed by atoms with Crippen LogP contribution in [-0.2, 0) is 14.3 Å². The van der Waals surface area contributed by atoms with E-state index in [1.807, 2.05) is 0 Å². The molecule has 2 rings (SSSR count). The molecule has 0 aliphatic heterocycles. The fraction of sp³-hybridized carbons (Fsp3) is 0.962. The van der Waals surface area contributed by atoms with E-state index in [-0.39, 0.29) is 18.0 Å². The number of ether oxygens (including phenoxy) is 2. The van der Waals surface area contributed by atoms with Gasteiger partial charge in [-0.25, -0.2) is 4.39 Å². The molecule has 2 aliphatic rings. The molecule has 0 bridgehead atoms. The third-order valence-electron chi connectivity index (χ3n) is 7.16. The Bertz CT molecular complexity index is 448. The molecule has 4 heteroatoms. The van der Waals surface area contributed by atoms with Crippen LogP contribution in [0, 0.1) is 11.8 Å². The zero-order valence-electron chi connectivity index (χ0n) is 19.7. The number of halogens is 1. The summed E-state index contributed by atoms with van der Waals surface area (Å²) in [6.45, 7) is 5.28. The van der Waals surface area contributed by atoms with Crippen molar-refractivity contribution in [3.63, 3.8) is 0 Å². The first-order chi connectivity index (χ1) is 14.6. The highest BCUT2D eigenvalue weighted by Gasteiger charge is 2.35. The van der Waals surface area contributed by atoms with Crippen LogP contribution in [0.4, 0.5) is 4.39 Å². The Morgan fingerprint density at radius 2 is 1.50 bits per heavy atom. The van der Waals surface area contributed by atoms with Gasteiger partial charge in [0.05, 0.1) is 12.0 Å². The predicted molar refractivity (Wildman–Crippen MR) is 121 cm³/mol. The number of carbonyl (C=O) groups excluding carboxylic acids is 1. The highest BCUT2D eigenvalue weighted by Crippen LogP contribution is 2.34. The monoisotopic (exact) mass is 426 g/mol. The Kier molecular flexibility index (Phi) is 13.0. The molecule has 0 N–H and O–H groups in total. The van der Waals surface area contributed by atoms with Crippen molar-refractivity contribution in [2.75, 3.05) is 6.61 Å². The molecule has 0 heterocycles. The molecule has 2 fully saturated rings. The number of hydrogen-bond acceptors (Lipinski definition) is 3. The number of carbonyl (C=O) groups is 1. The van der Waals surface area contributed by atoms with Gasteiger partial charge in [-0.3, -0.25) is 4.79 Å². The second-order valence-corrected chi connectivity index (χ2v) is 9.78. The van der Waals surface area contributed by atoms with Gasteiger partial charge in [-0.05, 0) is 57.3 Å². The highest BCUT2D eigenvalue weighted by atomic mass is 19.1. The van der Waals surface area contributed by atoms with Crippen molar-refractivity contribution in [2.24, 2.45) is 11.8 Å². The molecule has 0 aromatic rings. The van der Waals surface area contributed by atoms with Gasteiger partial charge in [0.25, 0.3) is 0 Å². The van der Waals surface area contributed by atoms with Crippen LogP contribution in [0.25, 0.3) is 0 Å². The average molecular weight is 427 g/mol. The lowest BCUT2D eigenvalue weighted by molar-refractivity contribution is -0.162. The molecule has 0 saturated heterocycles. The lowest BCUT2D eigenvalue weighted by atomic mass is 9.82. The van der Waals surface area contributed by atoms with E-state index < -0.39 is 12.3 Å². The van der Waals surface area contributed by atoms with Crippen molar-refractivity contribution in [3.8, 4) is 0 Å². The van der Waals surface area contributed by atoms with Gasteiger partial charge in [0, 0.05) is 6.61 Å². The minimum atomic E-state index is -0.980. The molecular weight excluding hydrogens is 379 g/mol. The Hall–Kier alpha value is -0.640. The fourth-order valence-electron chi connectivity index (χ4n) is 5.09. The number of hydrogen-bond donors (Lipinski definition) is 0. The maximum Gasteiger partial charge on any atom is 0.309 e. The van der Waals surface area contributed by atoms with Gasteiger partial charge < -0.3 is 9.47 Å². The van der Waals surface area contributed by atoms with Crippen LogP contribution in [0.15, 0.2) is 0 Å². The van der Waals surface area contributed by atoms with E-state index in [2.05, 4.69) is 13.8 Å². The molecule has 0 aromatic carbocycles. The standard InChI is InChI=1S/C26H47FO3/c1-3-5-7-8-9-11-19-29-23-16-14-22(15-17-23)26(28)30-25-18-13-21(20-24(25)27)12-10-6-4-2/h21-25H,3-20H2,1-2H3. The van der Waals surface area contributed by atoms with E-state index >= 15 is 0 Å². The molecule has 2 aliphatic carbocycles. The number of esters is 1. The maximum atomic E-state index is 14.6. The maximum absolute atomic E-state index is 14.6. The second kappa shape index (κ2) is 15.2. The van der Waals surface area contributed by atoms with E-state index in [0.29, 0.717) is 18.8 Å². The molecule has 3 atom stereocenters. The van der Waals surface area contributed by atoms with E-state index in [4.69, 9.17) is 9.47 Å². The minimum absolute atomic E-state index is 0.0617. The van der Waals surface area contributed by atoms with Crippen LogP contribution < -0.4 is 0 Å². The lowest BCUT2D eigenvalue weighted by Crippen LogP contribution is -2.37. The summed E-state index contributed by atoms with van der Waals surface area (Å²) in [5.74, 6) is 0.246. The van der Waals surface area contributed by atoms with Gasteiger partial charge in [0.1, 0.15) is 12.3 Å². The van der Waals surface area contributed by atoms with Gasteiger partial charge >= 0.3 is 5.97 Å². The number of alkyl halides is 1. The summed E-state index contributed by atoms with van der Waals surface area (Å²) < 4.78 is 26.2. The Labute approximate surface area is 184 Å². The topological polar surface area (TPSA) is 35.5 Å². The predicted octanol–water partition coefficient (Wildman–Crippen LogP) is 7.55. The third kappa shape index (κ3) is 9.66. The Morgan fingerprint density at radius 3 is 2.20 bits per heavy atom. The number of unbranched alkanes of at least 4 members (excludes halogenated alkanes) is 7. The van der Waals surface area contributed by atoms with Gasteiger partial charge in [0.2, 0.25) is 0 Å². The number of rotatable bonds is 14. The summed E-state index contributed by atoms with van der Waals surface area (Å²) in [6, 6.07) is 0. The second-order valence-electron chi connectivity index (χ2n) is 9.78. The molecule has 0 radical (unpaired) electrons. The molecule has 30 heavy (non-hydrogen) atoms. The normalized spacial score (nSPS) is 29.6. The minimum Gasteiger partial charge on any atom is -0.459 e. The molecular formula is C26H47FO3. The van der Waals surface area contributed by atoms with Gasteiger partial charge in [0.15, 0.2) is 0 Å². The third-order valence-corrected chi connectivity index (χ3v) is 7.16. The van der Waals surface area contributed by atoms with E-state index in [9.17, 15) is 9.18 Å². The van der Waals surface area contributed by atoms with Crippen LogP contribution in [0.3, 0.4) is 0 Å². The van der Waals surface area contributed by atoms with Crippen molar-refractivity contribution in [1.29, 1.82) is 0 Å². The first-order valence-corrected chi connectivity index (χ1v) is 13.1. The average Bonchev–Trinajstić information content (AvgIpc) is 2.75. The lowest BCUT2D eigenvalue weighted by Gasteiger charge is -2.33. The van der Waals surface area contributed by atoms with E-state index in [1.165, 1.54) is 51.4 Å². The first-order valence-electron chi connectivity index (χ1n) is 13.1. The SMILES string of the molecule is CCCCCCCCOC1CCC(C(=O)OC2CCC(CCCCC)CC2F)CC1. The summed E-state index contributed by atoms with van der Waals surface area (Å²) in [5.41, 5.74) is 0. The molecule has 176 valence electrons. The summed E-state index contributed by atoms with van der Waals surface area (Å²) in [7, 11) is 0. The molecule has 0 spiro atoms. The van der Waals surface area contributed by atoms with Crippen molar-refractivity contribution in [2.45, 2.75) is 141 Å². The summed E-state index contributed by atoms with van der Waals surface area (Å²) in [6.07, 6.45) is 17.0. The van der Waals surface area contributed by atoms with Gasteiger partial charge in [-0.15, -0.1) is 0 Å². The van der Waals surface area contributed by atoms with Crippen molar-refractivity contribution >= 4 is 5.97 Å². The van der Waals surface area contributed by atoms with Crippen LogP contribution in [0.5, 0.6) is 0 Å². The largest absolute Gasteiger partial charge is 0.459 e. The zero-order chi connectivity index (χ0) is 21.6. The quantitative estimate of drug-likeness (QED) is 0.212. The molecule has 3 unspecified atom stereocenters. The van der Waals surface area contributed by atoms with Crippen LogP contribution in [0.1, 0.15) is 123 Å². The van der Waals surface area contributed by atoms with Crippen LogP contribution in [-0.4, -0.2) is 31.0 Å².